The molecule has 3 rings (SSSR count). The number of carbonyl (C=O) groups is 1. The Balaban J connectivity index is 1.44. The predicted octanol–water partition coefficient (Wildman–Crippen LogP) is 3.63. The molecule has 0 aliphatic carbocycles. The van der Waals surface area contributed by atoms with Crippen molar-refractivity contribution in [3.63, 3.8) is 0 Å². The second-order valence-corrected chi connectivity index (χ2v) is 8.47. The second-order valence-electron chi connectivity index (χ2n) is 8.47. The topological polar surface area (TPSA) is 50.8 Å². The summed E-state index contributed by atoms with van der Waals surface area (Å²) in [7, 11) is 0. The van der Waals surface area contributed by atoms with E-state index >= 15 is 0 Å². The second kappa shape index (κ2) is 9.90. The minimum atomic E-state index is -0.0690. The zero-order chi connectivity index (χ0) is 20.7. The van der Waals surface area contributed by atoms with Crippen LogP contribution in [0, 0.1) is 0 Å². The Kier molecular flexibility index (Phi) is 7.29. The van der Waals surface area contributed by atoms with Crippen molar-refractivity contribution in [1.82, 2.24) is 10.2 Å². The Bertz CT molecular complexity index is 791. The van der Waals surface area contributed by atoms with Crippen LogP contribution in [0.5, 0.6) is 5.75 Å². The van der Waals surface area contributed by atoms with Gasteiger partial charge in [-0.1, -0.05) is 45.0 Å². The predicted molar refractivity (Wildman–Crippen MR) is 116 cm³/mol. The Morgan fingerprint density at radius 3 is 2.52 bits per heavy atom. The molecule has 156 valence electrons. The van der Waals surface area contributed by atoms with E-state index in [1.165, 1.54) is 5.56 Å². The van der Waals surface area contributed by atoms with Gasteiger partial charge >= 0.3 is 0 Å². The molecule has 1 saturated heterocycles. The molecule has 0 unspecified atom stereocenters. The van der Waals surface area contributed by atoms with Crippen molar-refractivity contribution >= 4 is 5.91 Å². The molecule has 1 aliphatic rings. The first-order chi connectivity index (χ1) is 13.9. The van der Waals surface area contributed by atoms with Gasteiger partial charge in [0.2, 0.25) is 0 Å². The maximum Gasteiger partial charge on any atom is 0.251 e. The molecule has 1 fully saturated rings. The highest BCUT2D eigenvalue weighted by Gasteiger charge is 2.14. The first-order valence-corrected chi connectivity index (χ1v) is 10.3. The van der Waals surface area contributed by atoms with Crippen molar-refractivity contribution in [3.05, 3.63) is 65.2 Å². The fourth-order valence-electron chi connectivity index (χ4n) is 3.32. The molecule has 0 aromatic heterocycles. The zero-order valence-electron chi connectivity index (χ0n) is 17.7. The summed E-state index contributed by atoms with van der Waals surface area (Å²) >= 11 is 0. The summed E-state index contributed by atoms with van der Waals surface area (Å²) in [6.45, 7) is 11.7. The average molecular weight is 397 g/mol. The van der Waals surface area contributed by atoms with Crippen LogP contribution < -0.4 is 10.1 Å². The van der Waals surface area contributed by atoms with Crippen LogP contribution in [0.3, 0.4) is 0 Å². The summed E-state index contributed by atoms with van der Waals surface area (Å²) in [5.74, 6) is 0.750. The van der Waals surface area contributed by atoms with Crippen LogP contribution in [-0.2, 0) is 16.7 Å². The molecule has 0 bridgehead atoms. The molecule has 0 spiro atoms. The van der Waals surface area contributed by atoms with Crippen LogP contribution in [0.4, 0.5) is 0 Å². The molecule has 5 heteroatoms. The summed E-state index contributed by atoms with van der Waals surface area (Å²) in [4.78, 5) is 14.8. The van der Waals surface area contributed by atoms with Crippen molar-refractivity contribution < 1.29 is 14.3 Å². The number of morpholine rings is 1. The van der Waals surface area contributed by atoms with Crippen LogP contribution in [0.15, 0.2) is 48.5 Å². The number of ether oxygens (including phenoxy) is 2. The fraction of sp³-hybridized carbons (Fsp3) is 0.458. The van der Waals surface area contributed by atoms with E-state index in [1.54, 1.807) is 0 Å². The molecule has 5 nitrogen and oxygen atoms in total. The molecule has 2 aromatic rings. The fourth-order valence-corrected chi connectivity index (χ4v) is 3.32. The highest BCUT2D eigenvalue weighted by Crippen LogP contribution is 2.24. The van der Waals surface area contributed by atoms with Gasteiger partial charge in [0.1, 0.15) is 12.4 Å². The summed E-state index contributed by atoms with van der Waals surface area (Å²) in [6, 6.07) is 16.0. The molecule has 0 saturated carbocycles. The highest BCUT2D eigenvalue weighted by molar-refractivity contribution is 5.94. The van der Waals surface area contributed by atoms with Crippen LogP contribution >= 0.6 is 0 Å². The lowest BCUT2D eigenvalue weighted by atomic mass is 9.87. The lowest BCUT2D eigenvalue weighted by molar-refractivity contribution is 0.0342. The molecule has 0 atom stereocenters. The largest absolute Gasteiger partial charge is 0.492 e. The third-order valence-electron chi connectivity index (χ3n) is 5.08. The van der Waals surface area contributed by atoms with Crippen molar-refractivity contribution in [3.8, 4) is 5.75 Å². The third-order valence-corrected chi connectivity index (χ3v) is 5.08. The van der Waals surface area contributed by atoms with E-state index in [4.69, 9.17) is 9.47 Å². The van der Waals surface area contributed by atoms with Crippen molar-refractivity contribution in [2.24, 2.45) is 0 Å². The van der Waals surface area contributed by atoms with Gasteiger partial charge < -0.3 is 14.8 Å². The van der Waals surface area contributed by atoms with E-state index in [-0.39, 0.29) is 11.3 Å². The monoisotopic (exact) mass is 396 g/mol. The van der Waals surface area contributed by atoms with Gasteiger partial charge in [-0.25, -0.2) is 0 Å². The molecular weight excluding hydrogens is 364 g/mol. The molecule has 1 aliphatic heterocycles. The molecule has 0 radical (unpaired) electrons. The Hall–Kier alpha value is -2.37. The normalized spacial score (nSPS) is 15.1. The van der Waals surface area contributed by atoms with Crippen LogP contribution in [0.1, 0.15) is 42.3 Å². The number of amides is 1. The van der Waals surface area contributed by atoms with Gasteiger partial charge in [0.15, 0.2) is 0 Å². The summed E-state index contributed by atoms with van der Waals surface area (Å²) in [6.07, 6.45) is 0. The Labute approximate surface area is 174 Å². The smallest absolute Gasteiger partial charge is 0.251 e. The lowest BCUT2D eigenvalue weighted by Crippen LogP contribution is -2.35. The van der Waals surface area contributed by atoms with E-state index in [9.17, 15) is 4.79 Å². The van der Waals surface area contributed by atoms with E-state index in [2.05, 4.69) is 49.2 Å². The minimum Gasteiger partial charge on any atom is -0.492 e. The van der Waals surface area contributed by atoms with Crippen LogP contribution in [-0.4, -0.2) is 50.3 Å². The SMILES string of the molecule is CC(C)(C)c1ccc(OCCNC(=O)c2cccc(CN3CCOCC3)c2)cc1. The third kappa shape index (κ3) is 6.58. The highest BCUT2D eigenvalue weighted by atomic mass is 16.5. The number of hydrogen-bond acceptors (Lipinski definition) is 4. The first kappa shape index (κ1) is 21.3. The molecule has 1 N–H and O–H groups in total. The molecule has 1 heterocycles. The minimum absolute atomic E-state index is 0.0690. The van der Waals surface area contributed by atoms with Gasteiger partial charge in [-0.15, -0.1) is 0 Å². The Morgan fingerprint density at radius 2 is 1.83 bits per heavy atom. The number of rotatable bonds is 7. The molecule has 29 heavy (non-hydrogen) atoms. The van der Waals surface area contributed by atoms with Gasteiger partial charge in [-0.05, 0) is 40.8 Å². The summed E-state index contributed by atoms with van der Waals surface area (Å²) in [5.41, 5.74) is 3.23. The lowest BCUT2D eigenvalue weighted by Gasteiger charge is -2.26. The maximum absolute atomic E-state index is 12.5. The first-order valence-electron chi connectivity index (χ1n) is 10.3. The Morgan fingerprint density at radius 1 is 1.10 bits per heavy atom. The van der Waals surface area contributed by atoms with Gasteiger partial charge in [-0.3, -0.25) is 9.69 Å². The van der Waals surface area contributed by atoms with Crippen LogP contribution in [0.25, 0.3) is 0 Å². The number of carbonyl (C=O) groups excluding carboxylic acids is 1. The maximum atomic E-state index is 12.5. The van der Waals surface area contributed by atoms with Crippen molar-refractivity contribution in [2.75, 3.05) is 39.5 Å². The number of nitrogens with zero attached hydrogens (tertiary/aromatic N) is 1. The van der Waals surface area contributed by atoms with E-state index in [0.29, 0.717) is 18.7 Å². The van der Waals surface area contributed by atoms with Gasteiger partial charge in [-0.2, -0.15) is 0 Å². The molecular formula is C24H32N2O3. The number of nitrogens with one attached hydrogen (secondary N) is 1. The standard InChI is InChI=1S/C24H32N2O3/c1-24(2,3)21-7-9-22(10-8-21)29-14-11-25-23(27)20-6-4-5-19(17-20)18-26-12-15-28-16-13-26/h4-10,17H,11-16,18H2,1-3H3,(H,25,27). The van der Waals surface area contributed by atoms with Gasteiger partial charge in [0.25, 0.3) is 5.91 Å². The summed E-state index contributed by atoms with van der Waals surface area (Å²) < 4.78 is 11.1. The van der Waals surface area contributed by atoms with E-state index in [0.717, 1.165) is 44.2 Å². The quantitative estimate of drug-likeness (QED) is 0.726. The van der Waals surface area contributed by atoms with Crippen molar-refractivity contribution in [1.29, 1.82) is 0 Å². The zero-order valence-corrected chi connectivity index (χ0v) is 17.7. The van der Waals surface area contributed by atoms with E-state index < -0.39 is 0 Å². The van der Waals surface area contributed by atoms with Gasteiger partial charge in [0, 0.05) is 25.2 Å². The summed E-state index contributed by atoms with van der Waals surface area (Å²) in [5, 5.41) is 2.94. The molecule has 1 amide bonds. The number of hydrogen-bond donors (Lipinski definition) is 1. The van der Waals surface area contributed by atoms with Crippen molar-refractivity contribution in [2.45, 2.75) is 32.7 Å². The van der Waals surface area contributed by atoms with Gasteiger partial charge in [0.05, 0.1) is 19.8 Å². The number of benzene rings is 2. The van der Waals surface area contributed by atoms with E-state index in [1.807, 2.05) is 30.3 Å². The average Bonchev–Trinajstić information content (AvgIpc) is 2.72. The molecule has 2 aromatic carbocycles. The van der Waals surface area contributed by atoms with Crippen LogP contribution in [0.2, 0.25) is 0 Å².